The van der Waals surface area contributed by atoms with Gasteiger partial charge in [0.2, 0.25) is 0 Å². The highest BCUT2D eigenvalue weighted by Gasteiger charge is 2.26. The molecule has 0 fully saturated rings. The number of benzene rings is 1. The minimum atomic E-state index is -0.544. The van der Waals surface area contributed by atoms with Crippen molar-refractivity contribution in [3.05, 3.63) is 57.6 Å². The molecule has 0 saturated carbocycles. The monoisotopic (exact) mass is 519 g/mol. The molecular formula is C22H22ClN5O4S2. The van der Waals surface area contributed by atoms with Crippen molar-refractivity contribution in [2.24, 2.45) is 0 Å². The number of ether oxygens (including phenoxy) is 2. The van der Waals surface area contributed by atoms with Crippen LogP contribution >= 0.6 is 35.2 Å². The van der Waals surface area contributed by atoms with Gasteiger partial charge in [-0.2, -0.15) is 0 Å². The first-order valence-electron chi connectivity index (χ1n) is 10.2. The van der Waals surface area contributed by atoms with Crippen molar-refractivity contribution in [3.63, 3.8) is 0 Å². The van der Waals surface area contributed by atoms with E-state index in [0.29, 0.717) is 32.1 Å². The van der Waals surface area contributed by atoms with Crippen LogP contribution < -0.4 is 16.0 Å². The van der Waals surface area contributed by atoms with Gasteiger partial charge in [-0.1, -0.05) is 11.6 Å². The van der Waals surface area contributed by atoms with E-state index in [2.05, 4.69) is 26.1 Å². The number of carbonyl (C=O) groups is 2. The molecule has 0 saturated heterocycles. The molecule has 1 aromatic carbocycles. The van der Waals surface area contributed by atoms with Crippen molar-refractivity contribution in [1.82, 2.24) is 10.2 Å². The maximum Gasteiger partial charge on any atom is 0.348 e. The lowest BCUT2D eigenvalue weighted by Crippen LogP contribution is -2.20. The van der Waals surface area contributed by atoms with Gasteiger partial charge in [-0.05, 0) is 75.0 Å². The molecule has 3 N–H and O–H groups in total. The SMILES string of the molecule is CCOC(=O)c1sc(NC(=S)Nc2ccc(Nc3ccc(Cl)nn3)cc2)c(C(=O)OCC)c1C. The number of nitrogens with one attached hydrogen (secondary N) is 3. The second-order valence-electron chi connectivity index (χ2n) is 6.72. The van der Waals surface area contributed by atoms with Crippen LogP contribution in [0, 0.1) is 6.92 Å². The van der Waals surface area contributed by atoms with Gasteiger partial charge in [0.1, 0.15) is 9.88 Å². The highest BCUT2D eigenvalue weighted by molar-refractivity contribution is 7.80. The molecule has 2 aromatic heterocycles. The highest BCUT2D eigenvalue weighted by Crippen LogP contribution is 2.34. The van der Waals surface area contributed by atoms with E-state index in [1.54, 1.807) is 32.9 Å². The fraction of sp³-hybridized carbons (Fsp3) is 0.227. The summed E-state index contributed by atoms with van der Waals surface area (Å²) in [6.07, 6.45) is 0. The maximum atomic E-state index is 12.5. The van der Waals surface area contributed by atoms with Crippen molar-refractivity contribution in [2.75, 3.05) is 29.2 Å². The predicted octanol–water partition coefficient (Wildman–Crippen LogP) is 5.41. The van der Waals surface area contributed by atoms with Gasteiger partial charge in [-0.15, -0.1) is 21.5 Å². The first kappa shape index (κ1) is 25.3. The summed E-state index contributed by atoms with van der Waals surface area (Å²) in [7, 11) is 0. The summed E-state index contributed by atoms with van der Waals surface area (Å²) in [5, 5.41) is 17.9. The summed E-state index contributed by atoms with van der Waals surface area (Å²) >= 11 is 12.3. The topological polar surface area (TPSA) is 114 Å². The molecule has 0 amide bonds. The maximum absolute atomic E-state index is 12.5. The molecule has 0 radical (unpaired) electrons. The standard InChI is InChI=1S/C22H22ClN5O4S2/c1-4-31-20(29)17-12(3)18(21(30)32-5-2)34-19(17)26-22(33)25-14-8-6-13(7-9-14)24-16-11-10-15(23)27-28-16/h6-11H,4-5H2,1-3H3,(H,24,28)(H2,25,26,33). The van der Waals surface area contributed by atoms with Crippen molar-refractivity contribution in [1.29, 1.82) is 0 Å². The number of nitrogens with zero attached hydrogens (tertiary/aromatic N) is 2. The van der Waals surface area contributed by atoms with Crippen LogP contribution in [0.2, 0.25) is 5.15 Å². The fourth-order valence-electron chi connectivity index (χ4n) is 2.87. The molecule has 178 valence electrons. The molecule has 0 aliphatic rings. The third-order valence-electron chi connectivity index (χ3n) is 4.36. The Hall–Kier alpha value is -3.28. The van der Waals surface area contributed by atoms with Crippen LogP contribution in [0.15, 0.2) is 36.4 Å². The van der Waals surface area contributed by atoms with Crippen LogP contribution in [0.3, 0.4) is 0 Å². The molecule has 3 aromatic rings. The second-order valence-corrected chi connectivity index (χ2v) is 8.54. The summed E-state index contributed by atoms with van der Waals surface area (Å²) in [5.41, 5.74) is 2.23. The zero-order valence-corrected chi connectivity index (χ0v) is 21.0. The van der Waals surface area contributed by atoms with Crippen LogP contribution in [-0.2, 0) is 9.47 Å². The van der Waals surface area contributed by atoms with Crippen molar-refractivity contribution in [2.45, 2.75) is 20.8 Å². The average molecular weight is 520 g/mol. The largest absolute Gasteiger partial charge is 0.462 e. The first-order chi connectivity index (χ1) is 16.3. The molecule has 0 spiro atoms. The number of esters is 2. The van der Waals surface area contributed by atoms with Crippen molar-refractivity contribution in [3.8, 4) is 0 Å². The predicted molar refractivity (Wildman–Crippen MR) is 138 cm³/mol. The molecule has 3 rings (SSSR count). The van der Waals surface area contributed by atoms with Crippen LogP contribution in [0.1, 0.15) is 39.4 Å². The number of hydrogen-bond acceptors (Lipinski definition) is 9. The van der Waals surface area contributed by atoms with Gasteiger partial charge < -0.3 is 25.4 Å². The zero-order valence-electron chi connectivity index (χ0n) is 18.6. The molecule has 0 aliphatic carbocycles. The normalized spacial score (nSPS) is 10.4. The van der Waals surface area contributed by atoms with Gasteiger partial charge in [-0.3, -0.25) is 0 Å². The average Bonchev–Trinajstić information content (AvgIpc) is 3.12. The Morgan fingerprint density at radius 1 is 0.971 bits per heavy atom. The lowest BCUT2D eigenvalue weighted by atomic mass is 10.1. The van der Waals surface area contributed by atoms with Crippen molar-refractivity contribution >= 4 is 74.4 Å². The van der Waals surface area contributed by atoms with E-state index >= 15 is 0 Å². The van der Waals surface area contributed by atoms with E-state index in [9.17, 15) is 9.59 Å². The minimum Gasteiger partial charge on any atom is -0.462 e. The molecule has 9 nitrogen and oxygen atoms in total. The zero-order chi connectivity index (χ0) is 24.7. The van der Waals surface area contributed by atoms with E-state index in [1.807, 2.05) is 24.3 Å². The lowest BCUT2D eigenvalue weighted by Gasteiger charge is -2.12. The summed E-state index contributed by atoms with van der Waals surface area (Å²) in [5.74, 6) is -0.493. The molecule has 0 atom stereocenters. The van der Waals surface area contributed by atoms with E-state index in [4.69, 9.17) is 33.3 Å². The van der Waals surface area contributed by atoms with Crippen LogP contribution in [0.25, 0.3) is 0 Å². The van der Waals surface area contributed by atoms with E-state index in [-0.39, 0.29) is 23.9 Å². The number of thiophene rings is 1. The summed E-state index contributed by atoms with van der Waals surface area (Å²) in [6.45, 7) is 5.53. The number of hydrogen-bond donors (Lipinski definition) is 3. The summed E-state index contributed by atoms with van der Waals surface area (Å²) < 4.78 is 10.3. The van der Waals surface area contributed by atoms with Gasteiger partial charge in [0.15, 0.2) is 16.1 Å². The summed E-state index contributed by atoms with van der Waals surface area (Å²) in [4.78, 5) is 25.2. The van der Waals surface area contributed by atoms with Gasteiger partial charge in [0.05, 0.1) is 18.8 Å². The number of carbonyl (C=O) groups excluding carboxylic acids is 2. The number of halogens is 1. The van der Waals surface area contributed by atoms with Gasteiger partial charge >= 0.3 is 11.9 Å². The molecule has 34 heavy (non-hydrogen) atoms. The molecular weight excluding hydrogens is 498 g/mol. The van der Waals surface area contributed by atoms with Crippen molar-refractivity contribution < 1.29 is 19.1 Å². The molecule has 0 unspecified atom stereocenters. The number of thiocarbonyl (C=S) groups is 1. The molecule has 12 heteroatoms. The van der Waals surface area contributed by atoms with E-state index in [1.165, 1.54) is 0 Å². The Bertz CT molecular complexity index is 1180. The minimum absolute atomic E-state index is 0.201. The Morgan fingerprint density at radius 2 is 1.62 bits per heavy atom. The van der Waals surface area contributed by atoms with Crippen LogP contribution in [-0.4, -0.2) is 40.5 Å². The lowest BCUT2D eigenvalue weighted by molar-refractivity contribution is 0.0527. The molecule has 2 heterocycles. The van der Waals surface area contributed by atoms with E-state index < -0.39 is 11.9 Å². The smallest absolute Gasteiger partial charge is 0.348 e. The quantitative estimate of drug-likeness (QED) is 0.263. The third kappa shape index (κ3) is 6.40. The number of rotatable bonds is 8. The Balaban J connectivity index is 1.72. The van der Waals surface area contributed by atoms with Crippen LogP contribution in [0.5, 0.6) is 0 Å². The first-order valence-corrected chi connectivity index (χ1v) is 11.8. The van der Waals surface area contributed by atoms with Crippen LogP contribution in [0.4, 0.5) is 22.2 Å². The second kappa shape index (κ2) is 11.7. The molecule has 0 aliphatic heterocycles. The Kier molecular flexibility index (Phi) is 8.74. The number of aromatic nitrogens is 2. The summed E-state index contributed by atoms with van der Waals surface area (Å²) in [6, 6.07) is 10.7. The van der Waals surface area contributed by atoms with Gasteiger partial charge in [0, 0.05) is 11.4 Å². The highest BCUT2D eigenvalue weighted by atomic mass is 35.5. The molecule has 0 bridgehead atoms. The number of anilines is 4. The van der Waals surface area contributed by atoms with Gasteiger partial charge in [0.25, 0.3) is 0 Å². The Morgan fingerprint density at radius 3 is 2.24 bits per heavy atom. The third-order valence-corrected chi connectivity index (χ3v) is 5.95. The van der Waals surface area contributed by atoms with Gasteiger partial charge in [-0.25, -0.2) is 9.59 Å². The van der Waals surface area contributed by atoms with E-state index in [0.717, 1.165) is 17.0 Å². The fourth-order valence-corrected chi connectivity index (χ4v) is 4.35. The Labute approximate surface area is 210 Å².